The van der Waals surface area contributed by atoms with Crippen LogP contribution in [0.2, 0.25) is 0 Å². The number of rotatable bonds is 8. The molecule has 0 radical (unpaired) electrons. The summed E-state index contributed by atoms with van der Waals surface area (Å²) in [4.78, 5) is 0. The molecule has 0 fully saturated rings. The summed E-state index contributed by atoms with van der Waals surface area (Å²) in [6.07, 6.45) is 2.66. The molecule has 0 aliphatic heterocycles. The van der Waals surface area contributed by atoms with Gasteiger partial charge in [-0.1, -0.05) is 20.8 Å². The number of nitrogens with one attached hydrogen (secondary N) is 1. The summed E-state index contributed by atoms with van der Waals surface area (Å²) in [6.45, 7) is 9.57. The van der Waals surface area contributed by atoms with Crippen molar-refractivity contribution in [3.63, 3.8) is 0 Å². The monoisotopic (exact) mass is 217 g/mol. The second-order valence-electron chi connectivity index (χ2n) is 4.82. The van der Waals surface area contributed by atoms with E-state index in [1.165, 1.54) is 0 Å². The van der Waals surface area contributed by atoms with Gasteiger partial charge in [0, 0.05) is 25.1 Å². The van der Waals surface area contributed by atoms with Gasteiger partial charge < -0.3 is 15.5 Å². The standard InChI is InChI=1S/C12H27NO2/c1-5-11(4,15)8-13-9-12(6-2,7-3)10-14/h13-15H,5-10H2,1-4H3. The predicted molar refractivity (Wildman–Crippen MR) is 63.9 cm³/mol. The van der Waals surface area contributed by atoms with Crippen LogP contribution in [0.5, 0.6) is 0 Å². The van der Waals surface area contributed by atoms with Gasteiger partial charge in [0.15, 0.2) is 0 Å². The summed E-state index contributed by atoms with van der Waals surface area (Å²) in [5, 5.41) is 22.4. The number of hydrogen-bond donors (Lipinski definition) is 3. The molecule has 1 atom stereocenters. The number of aliphatic hydroxyl groups excluding tert-OH is 1. The molecular formula is C12H27NO2. The second kappa shape index (κ2) is 6.46. The number of aliphatic hydroxyl groups is 2. The molecule has 1 unspecified atom stereocenters. The molecule has 0 aliphatic rings. The zero-order valence-corrected chi connectivity index (χ0v) is 10.6. The molecule has 0 aromatic carbocycles. The van der Waals surface area contributed by atoms with E-state index in [1.807, 2.05) is 13.8 Å². The Balaban J connectivity index is 4.02. The third kappa shape index (κ3) is 4.96. The van der Waals surface area contributed by atoms with Crippen LogP contribution in [0.1, 0.15) is 47.0 Å². The minimum absolute atomic E-state index is 0.0240. The van der Waals surface area contributed by atoms with Crippen molar-refractivity contribution in [3.8, 4) is 0 Å². The van der Waals surface area contributed by atoms with Crippen LogP contribution in [-0.2, 0) is 0 Å². The van der Waals surface area contributed by atoms with Gasteiger partial charge in [-0.15, -0.1) is 0 Å². The smallest absolute Gasteiger partial charge is 0.0740 e. The Morgan fingerprint density at radius 3 is 1.87 bits per heavy atom. The van der Waals surface area contributed by atoms with E-state index >= 15 is 0 Å². The molecule has 92 valence electrons. The molecule has 0 saturated carbocycles. The highest BCUT2D eigenvalue weighted by Gasteiger charge is 2.26. The fourth-order valence-corrected chi connectivity index (χ4v) is 1.50. The first kappa shape index (κ1) is 14.9. The molecule has 0 saturated heterocycles. The first-order chi connectivity index (χ1) is 6.95. The fraction of sp³-hybridized carbons (Fsp3) is 1.00. The highest BCUT2D eigenvalue weighted by atomic mass is 16.3. The van der Waals surface area contributed by atoms with Gasteiger partial charge in [-0.05, 0) is 26.2 Å². The molecule has 0 rings (SSSR count). The van der Waals surface area contributed by atoms with Crippen molar-refractivity contribution in [2.45, 2.75) is 52.6 Å². The van der Waals surface area contributed by atoms with Crippen LogP contribution in [0.25, 0.3) is 0 Å². The Morgan fingerprint density at radius 1 is 1.00 bits per heavy atom. The molecule has 3 nitrogen and oxygen atoms in total. The van der Waals surface area contributed by atoms with Crippen LogP contribution in [0, 0.1) is 5.41 Å². The van der Waals surface area contributed by atoms with Crippen molar-refractivity contribution < 1.29 is 10.2 Å². The molecule has 3 N–H and O–H groups in total. The van der Waals surface area contributed by atoms with Gasteiger partial charge in [0.25, 0.3) is 0 Å². The molecular weight excluding hydrogens is 190 g/mol. The summed E-state index contributed by atoms with van der Waals surface area (Å²) >= 11 is 0. The van der Waals surface area contributed by atoms with E-state index in [0.29, 0.717) is 6.54 Å². The molecule has 0 spiro atoms. The minimum Gasteiger partial charge on any atom is -0.396 e. The SMILES string of the molecule is CCC(C)(O)CNCC(CC)(CC)CO. The molecule has 0 aliphatic carbocycles. The third-order valence-electron chi connectivity index (χ3n) is 3.60. The van der Waals surface area contributed by atoms with Gasteiger partial charge in [0.1, 0.15) is 0 Å². The van der Waals surface area contributed by atoms with Crippen molar-refractivity contribution in [3.05, 3.63) is 0 Å². The molecule has 15 heavy (non-hydrogen) atoms. The van der Waals surface area contributed by atoms with E-state index in [0.717, 1.165) is 25.8 Å². The van der Waals surface area contributed by atoms with Gasteiger partial charge in [0.05, 0.1) is 5.60 Å². The molecule has 0 aromatic heterocycles. The Kier molecular flexibility index (Phi) is 6.41. The highest BCUT2D eigenvalue weighted by Crippen LogP contribution is 2.24. The molecule has 0 aromatic rings. The Hall–Kier alpha value is -0.120. The molecule has 3 heteroatoms. The maximum absolute atomic E-state index is 9.81. The Bertz CT molecular complexity index is 157. The van der Waals surface area contributed by atoms with Crippen molar-refractivity contribution >= 4 is 0 Å². The van der Waals surface area contributed by atoms with Crippen molar-refractivity contribution in [1.29, 1.82) is 0 Å². The van der Waals surface area contributed by atoms with Crippen LogP contribution in [0.4, 0.5) is 0 Å². The van der Waals surface area contributed by atoms with E-state index in [-0.39, 0.29) is 12.0 Å². The lowest BCUT2D eigenvalue weighted by molar-refractivity contribution is 0.0463. The number of hydrogen-bond acceptors (Lipinski definition) is 3. The van der Waals surface area contributed by atoms with Gasteiger partial charge in [-0.2, -0.15) is 0 Å². The average molecular weight is 217 g/mol. The molecule has 0 bridgehead atoms. The van der Waals surface area contributed by atoms with Gasteiger partial charge >= 0.3 is 0 Å². The molecule has 0 heterocycles. The van der Waals surface area contributed by atoms with E-state index in [4.69, 9.17) is 0 Å². The van der Waals surface area contributed by atoms with Crippen LogP contribution in [0.15, 0.2) is 0 Å². The normalized spacial score (nSPS) is 16.4. The summed E-state index contributed by atoms with van der Waals surface area (Å²) in [5.74, 6) is 0. The lowest BCUT2D eigenvalue weighted by Crippen LogP contribution is -2.43. The van der Waals surface area contributed by atoms with E-state index < -0.39 is 5.60 Å². The summed E-state index contributed by atoms with van der Waals surface area (Å²) in [5.41, 5.74) is -0.660. The summed E-state index contributed by atoms with van der Waals surface area (Å²) < 4.78 is 0. The Labute approximate surface area is 93.9 Å². The van der Waals surface area contributed by atoms with E-state index in [1.54, 1.807) is 0 Å². The van der Waals surface area contributed by atoms with Crippen molar-refractivity contribution in [2.75, 3.05) is 19.7 Å². The molecule has 0 amide bonds. The van der Waals surface area contributed by atoms with Gasteiger partial charge in [-0.25, -0.2) is 0 Å². The fourth-order valence-electron chi connectivity index (χ4n) is 1.50. The van der Waals surface area contributed by atoms with Crippen LogP contribution in [-0.4, -0.2) is 35.5 Å². The highest BCUT2D eigenvalue weighted by molar-refractivity contribution is 4.81. The predicted octanol–water partition coefficient (Wildman–Crippen LogP) is 1.54. The van der Waals surface area contributed by atoms with Crippen molar-refractivity contribution in [1.82, 2.24) is 5.32 Å². The van der Waals surface area contributed by atoms with Gasteiger partial charge in [0.2, 0.25) is 0 Å². The van der Waals surface area contributed by atoms with Crippen LogP contribution in [0.3, 0.4) is 0 Å². The second-order valence-corrected chi connectivity index (χ2v) is 4.82. The topological polar surface area (TPSA) is 52.5 Å². The average Bonchev–Trinajstić information content (AvgIpc) is 2.25. The quantitative estimate of drug-likeness (QED) is 0.578. The first-order valence-electron chi connectivity index (χ1n) is 5.99. The summed E-state index contributed by atoms with van der Waals surface area (Å²) in [6, 6.07) is 0. The lowest BCUT2D eigenvalue weighted by atomic mass is 9.83. The summed E-state index contributed by atoms with van der Waals surface area (Å²) in [7, 11) is 0. The zero-order chi connectivity index (χ0) is 11.9. The van der Waals surface area contributed by atoms with E-state index in [9.17, 15) is 10.2 Å². The lowest BCUT2D eigenvalue weighted by Gasteiger charge is -2.31. The maximum atomic E-state index is 9.81. The Morgan fingerprint density at radius 2 is 1.53 bits per heavy atom. The van der Waals surface area contributed by atoms with E-state index in [2.05, 4.69) is 19.2 Å². The zero-order valence-electron chi connectivity index (χ0n) is 10.6. The van der Waals surface area contributed by atoms with Crippen LogP contribution >= 0.6 is 0 Å². The third-order valence-corrected chi connectivity index (χ3v) is 3.60. The van der Waals surface area contributed by atoms with Crippen molar-refractivity contribution in [2.24, 2.45) is 5.41 Å². The first-order valence-corrected chi connectivity index (χ1v) is 5.99. The van der Waals surface area contributed by atoms with Crippen LogP contribution < -0.4 is 5.32 Å². The maximum Gasteiger partial charge on any atom is 0.0740 e. The van der Waals surface area contributed by atoms with Gasteiger partial charge in [-0.3, -0.25) is 0 Å². The minimum atomic E-state index is -0.636. The largest absolute Gasteiger partial charge is 0.396 e.